The smallest absolute Gasteiger partial charge is 0.396 e. The molecule has 7 heteroatoms. The largest absolute Gasteiger partial charge is 0.694 e. The molecule has 1 rings (SSSR count). The number of amides is 1. The standard InChI is InChI=1S/C11H20NO5P/c1-4-9(14)12-5-10(2,7-13)11(3,6-12)8-17-18(15)16/h13H,4-8H2,1-3H3/p+1/t10-,11+/m0/s1. The molecular weight excluding hydrogens is 257 g/mol. The van der Waals surface area contributed by atoms with Crippen LogP contribution in [0, 0.1) is 10.8 Å². The van der Waals surface area contributed by atoms with Crippen molar-refractivity contribution in [2.24, 2.45) is 10.8 Å². The van der Waals surface area contributed by atoms with E-state index in [-0.39, 0.29) is 19.1 Å². The summed E-state index contributed by atoms with van der Waals surface area (Å²) in [4.78, 5) is 22.2. The molecule has 0 aromatic heterocycles. The number of carbonyl (C=O) groups is 1. The van der Waals surface area contributed by atoms with Gasteiger partial charge in [-0.15, -0.1) is 9.42 Å². The van der Waals surface area contributed by atoms with Crippen LogP contribution in [0.1, 0.15) is 27.2 Å². The highest BCUT2D eigenvalue weighted by atomic mass is 31.1. The van der Waals surface area contributed by atoms with Gasteiger partial charge < -0.3 is 10.0 Å². The molecule has 6 nitrogen and oxygen atoms in total. The average Bonchev–Trinajstić information content (AvgIpc) is 2.60. The number of aliphatic hydroxyl groups is 1. The fourth-order valence-electron chi connectivity index (χ4n) is 2.34. The number of likely N-dealkylation sites (tertiary alicyclic amines) is 1. The Morgan fingerprint density at radius 1 is 1.39 bits per heavy atom. The first-order chi connectivity index (χ1) is 8.28. The van der Waals surface area contributed by atoms with Crippen LogP contribution in [0.15, 0.2) is 0 Å². The van der Waals surface area contributed by atoms with Gasteiger partial charge in [0.25, 0.3) is 0 Å². The molecular formula is C11H21NO5P+. The van der Waals surface area contributed by atoms with Crippen LogP contribution in [-0.2, 0) is 13.9 Å². The Hall–Kier alpha value is -0.550. The predicted molar refractivity (Wildman–Crippen MR) is 65.9 cm³/mol. The zero-order valence-corrected chi connectivity index (χ0v) is 11.9. The minimum atomic E-state index is -2.66. The van der Waals surface area contributed by atoms with Crippen molar-refractivity contribution in [1.29, 1.82) is 0 Å². The second kappa shape index (κ2) is 5.61. The maximum Gasteiger partial charge on any atom is 0.694 e. The Morgan fingerprint density at radius 2 is 1.94 bits per heavy atom. The number of hydrogen-bond acceptors (Lipinski definition) is 4. The monoisotopic (exact) mass is 278 g/mol. The van der Waals surface area contributed by atoms with Crippen LogP contribution in [-0.4, -0.2) is 47.1 Å². The van der Waals surface area contributed by atoms with Gasteiger partial charge in [0.15, 0.2) is 0 Å². The summed E-state index contributed by atoms with van der Waals surface area (Å²) >= 11 is 0. The molecule has 1 unspecified atom stereocenters. The summed E-state index contributed by atoms with van der Waals surface area (Å²) in [6, 6.07) is 0. The Kier molecular flexibility index (Phi) is 4.84. The Morgan fingerprint density at radius 3 is 2.39 bits per heavy atom. The number of nitrogens with zero attached hydrogens (tertiary/aromatic N) is 1. The molecule has 0 aromatic rings. The fourth-order valence-corrected chi connectivity index (χ4v) is 2.73. The third kappa shape index (κ3) is 2.88. The topological polar surface area (TPSA) is 87.1 Å². The minimum absolute atomic E-state index is 0.0202. The van der Waals surface area contributed by atoms with Gasteiger partial charge in [-0.25, -0.2) is 0 Å². The van der Waals surface area contributed by atoms with Crippen LogP contribution >= 0.6 is 8.25 Å². The molecule has 3 atom stereocenters. The van der Waals surface area contributed by atoms with E-state index < -0.39 is 19.1 Å². The highest BCUT2D eigenvalue weighted by Crippen LogP contribution is 2.47. The van der Waals surface area contributed by atoms with E-state index in [0.717, 1.165) is 0 Å². The van der Waals surface area contributed by atoms with Crippen molar-refractivity contribution in [3.05, 3.63) is 0 Å². The van der Waals surface area contributed by atoms with Crippen molar-refractivity contribution in [2.45, 2.75) is 27.2 Å². The molecule has 2 N–H and O–H groups in total. The molecule has 0 saturated carbocycles. The van der Waals surface area contributed by atoms with Crippen molar-refractivity contribution in [3.8, 4) is 0 Å². The van der Waals surface area contributed by atoms with Crippen molar-refractivity contribution in [3.63, 3.8) is 0 Å². The number of rotatable bonds is 5. The molecule has 104 valence electrons. The lowest BCUT2D eigenvalue weighted by molar-refractivity contribution is -0.130. The molecule has 1 aliphatic rings. The van der Waals surface area contributed by atoms with Gasteiger partial charge in [-0.05, 0) is 0 Å². The molecule has 1 fully saturated rings. The summed E-state index contributed by atoms with van der Waals surface area (Å²) < 4.78 is 15.5. The summed E-state index contributed by atoms with van der Waals surface area (Å²) in [6.45, 7) is 6.34. The molecule has 0 aliphatic carbocycles. The number of hydrogen-bond donors (Lipinski definition) is 2. The Bertz CT molecular complexity index is 350. The van der Waals surface area contributed by atoms with Gasteiger partial charge in [0, 0.05) is 34.9 Å². The van der Waals surface area contributed by atoms with E-state index in [1.807, 2.05) is 13.8 Å². The van der Waals surface area contributed by atoms with Crippen molar-refractivity contribution >= 4 is 14.2 Å². The van der Waals surface area contributed by atoms with Crippen LogP contribution in [0.4, 0.5) is 0 Å². The minimum Gasteiger partial charge on any atom is -0.396 e. The highest BCUT2D eigenvalue weighted by Gasteiger charge is 2.54. The number of aliphatic hydroxyl groups excluding tert-OH is 1. The Labute approximate surface area is 108 Å². The molecule has 1 saturated heterocycles. The van der Waals surface area contributed by atoms with E-state index in [4.69, 9.17) is 9.42 Å². The van der Waals surface area contributed by atoms with Gasteiger partial charge in [0.1, 0.15) is 6.61 Å². The first kappa shape index (κ1) is 15.5. The summed E-state index contributed by atoms with van der Waals surface area (Å²) in [5.74, 6) is 0.0202. The second-order valence-corrected chi connectivity index (χ2v) is 6.13. The first-order valence-corrected chi connectivity index (χ1v) is 7.09. The van der Waals surface area contributed by atoms with Gasteiger partial charge in [0.05, 0.1) is 6.61 Å². The lowest BCUT2D eigenvalue weighted by Gasteiger charge is -2.36. The van der Waals surface area contributed by atoms with E-state index in [0.29, 0.717) is 19.5 Å². The van der Waals surface area contributed by atoms with Gasteiger partial charge in [0.2, 0.25) is 5.91 Å². The van der Waals surface area contributed by atoms with Crippen LogP contribution in [0.5, 0.6) is 0 Å². The van der Waals surface area contributed by atoms with E-state index >= 15 is 0 Å². The van der Waals surface area contributed by atoms with Crippen molar-refractivity contribution in [2.75, 3.05) is 26.3 Å². The molecule has 1 aliphatic heterocycles. The van der Waals surface area contributed by atoms with Crippen molar-refractivity contribution in [1.82, 2.24) is 4.90 Å². The summed E-state index contributed by atoms with van der Waals surface area (Å²) in [5.41, 5.74) is -1.05. The molecule has 0 aromatic carbocycles. The van der Waals surface area contributed by atoms with Crippen LogP contribution < -0.4 is 0 Å². The van der Waals surface area contributed by atoms with Crippen LogP contribution in [0.3, 0.4) is 0 Å². The maximum atomic E-state index is 11.7. The normalized spacial score (nSPS) is 32.7. The van der Waals surface area contributed by atoms with E-state index in [1.165, 1.54) is 0 Å². The summed E-state index contributed by atoms with van der Waals surface area (Å²) in [7, 11) is -2.66. The molecule has 0 spiro atoms. The average molecular weight is 278 g/mol. The molecule has 0 radical (unpaired) electrons. The molecule has 1 heterocycles. The predicted octanol–water partition coefficient (Wildman–Crippen LogP) is 0.910. The first-order valence-electron chi connectivity index (χ1n) is 5.96. The Balaban J connectivity index is 2.87. The molecule has 1 amide bonds. The molecule has 18 heavy (non-hydrogen) atoms. The lowest BCUT2D eigenvalue weighted by atomic mass is 9.69. The zero-order valence-electron chi connectivity index (χ0n) is 11.0. The number of carbonyl (C=O) groups excluding carboxylic acids is 1. The second-order valence-electron chi connectivity index (χ2n) is 5.39. The SMILES string of the molecule is CCC(=O)N1C[C@](C)(CO[P+](=O)O)[C@](C)(CO)C1. The molecule has 0 bridgehead atoms. The maximum absolute atomic E-state index is 11.7. The fraction of sp³-hybridized carbons (Fsp3) is 0.909. The summed E-state index contributed by atoms with van der Waals surface area (Å²) in [5, 5.41) is 9.57. The summed E-state index contributed by atoms with van der Waals surface area (Å²) in [6.07, 6.45) is 0.409. The van der Waals surface area contributed by atoms with E-state index in [1.54, 1.807) is 11.8 Å². The van der Waals surface area contributed by atoms with Crippen molar-refractivity contribution < 1.29 is 23.9 Å². The lowest BCUT2D eigenvalue weighted by Crippen LogP contribution is -2.42. The van der Waals surface area contributed by atoms with Gasteiger partial charge >= 0.3 is 8.25 Å². The van der Waals surface area contributed by atoms with Gasteiger partial charge in [-0.1, -0.05) is 20.8 Å². The van der Waals surface area contributed by atoms with E-state index in [2.05, 4.69) is 0 Å². The quantitative estimate of drug-likeness (QED) is 0.730. The third-order valence-electron chi connectivity index (χ3n) is 4.03. The van der Waals surface area contributed by atoms with Crippen LogP contribution in [0.2, 0.25) is 0 Å². The third-order valence-corrected chi connectivity index (χ3v) is 4.38. The van der Waals surface area contributed by atoms with Crippen LogP contribution in [0.25, 0.3) is 0 Å². The van der Waals surface area contributed by atoms with Gasteiger partial charge in [-0.3, -0.25) is 4.79 Å². The van der Waals surface area contributed by atoms with Gasteiger partial charge in [-0.2, -0.15) is 0 Å². The van der Waals surface area contributed by atoms with E-state index in [9.17, 15) is 14.5 Å². The highest BCUT2D eigenvalue weighted by molar-refractivity contribution is 7.32. The zero-order chi connectivity index (χ0) is 14.0.